The quantitative estimate of drug-likeness (QED) is 0.387. The van der Waals surface area contributed by atoms with Crippen LogP contribution in [-0.2, 0) is 24.3 Å². The molecule has 0 bridgehead atoms. The highest BCUT2D eigenvalue weighted by Crippen LogP contribution is 2.13. The van der Waals surface area contributed by atoms with E-state index in [0.29, 0.717) is 37.7 Å². The first-order valence-electron chi connectivity index (χ1n) is 9.71. The topological polar surface area (TPSA) is 112 Å². The summed E-state index contributed by atoms with van der Waals surface area (Å²) in [6.07, 6.45) is 5.37. The summed E-state index contributed by atoms with van der Waals surface area (Å²) >= 11 is 1.67. The number of anilines is 1. The summed E-state index contributed by atoms with van der Waals surface area (Å²) in [6, 6.07) is 0. The van der Waals surface area contributed by atoms with E-state index in [1.54, 1.807) is 29.9 Å². The van der Waals surface area contributed by atoms with Crippen LogP contribution in [0.4, 0.5) is 5.95 Å². The van der Waals surface area contributed by atoms with Crippen LogP contribution < -0.4 is 10.9 Å². The first-order valence-corrected chi connectivity index (χ1v) is 10.6. The Balaban J connectivity index is 1.38. The van der Waals surface area contributed by atoms with Crippen LogP contribution >= 0.6 is 11.3 Å². The summed E-state index contributed by atoms with van der Waals surface area (Å²) < 4.78 is 5.67. The van der Waals surface area contributed by atoms with Crippen molar-refractivity contribution in [1.82, 2.24) is 29.8 Å². The Labute approximate surface area is 173 Å². The lowest BCUT2D eigenvalue weighted by Gasteiger charge is -2.15. The van der Waals surface area contributed by atoms with Gasteiger partial charge in [-0.05, 0) is 13.1 Å². The maximum atomic E-state index is 12.1. The molecule has 3 rings (SSSR count). The molecule has 0 atom stereocenters. The SMILES string of the molecule is CCN(CC)Cc1nc(COCCNc2ncc(Cc3ncc[nH]3)c(=O)[nH]2)cs1. The Morgan fingerprint density at radius 2 is 2.14 bits per heavy atom. The smallest absolute Gasteiger partial charge is 0.255 e. The molecule has 3 aromatic heterocycles. The number of rotatable bonds is 12. The Kier molecular flexibility index (Phi) is 7.91. The fourth-order valence-corrected chi connectivity index (χ4v) is 3.58. The van der Waals surface area contributed by atoms with Crippen molar-refractivity contribution in [3.63, 3.8) is 0 Å². The van der Waals surface area contributed by atoms with E-state index in [9.17, 15) is 4.79 Å². The zero-order valence-electron chi connectivity index (χ0n) is 16.8. The zero-order valence-corrected chi connectivity index (χ0v) is 17.6. The molecule has 29 heavy (non-hydrogen) atoms. The van der Waals surface area contributed by atoms with E-state index in [1.807, 2.05) is 5.38 Å². The molecule has 0 aliphatic heterocycles. The lowest BCUT2D eigenvalue weighted by atomic mass is 10.2. The molecule has 3 N–H and O–H groups in total. The van der Waals surface area contributed by atoms with Crippen molar-refractivity contribution in [3.8, 4) is 0 Å². The van der Waals surface area contributed by atoms with Crippen LogP contribution in [0.1, 0.15) is 35.9 Å². The second-order valence-electron chi connectivity index (χ2n) is 6.47. The van der Waals surface area contributed by atoms with Gasteiger partial charge in [0.15, 0.2) is 0 Å². The van der Waals surface area contributed by atoms with Crippen LogP contribution in [0.3, 0.4) is 0 Å². The Morgan fingerprint density at radius 3 is 2.86 bits per heavy atom. The summed E-state index contributed by atoms with van der Waals surface area (Å²) in [5, 5.41) is 6.22. The van der Waals surface area contributed by atoms with E-state index < -0.39 is 0 Å². The molecule has 0 fully saturated rings. The predicted octanol–water partition coefficient (Wildman–Crippen LogP) is 2.01. The minimum absolute atomic E-state index is 0.178. The van der Waals surface area contributed by atoms with Crippen molar-refractivity contribution < 1.29 is 4.74 Å². The summed E-state index contributed by atoms with van der Waals surface area (Å²) in [7, 11) is 0. The van der Waals surface area contributed by atoms with Gasteiger partial charge in [0.2, 0.25) is 5.95 Å². The summed E-state index contributed by atoms with van der Waals surface area (Å²) in [5.41, 5.74) is 1.33. The number of aromatic nitrogens is 5. The number of nitrogens with one attached hydrogen (secondary N) is 3. The average Bonchev–Trinajstić information content (AvgIpc) is 3.40. The molecule has 0 aliphatic carbocycles. The third-order valence-corrected chi connectivity index (χ3v) is 5.31. The van der Waals surface area contributed by atoms with Crippen molar-refractivity contribution in [2.24, 2.45) is 0 Å². The van der Waals surface area contributed by atoms with Crippen molar-refractivity contribution in [3.05, 3.63) is 56.4 Å². The fraction of sp³-hybridized carbons (Fsp3) is 0.474. The van der Waals surface area contributed by atoms with Gasteiger partial charge in [-0.3, -0.25) is 14.7 Å². The summed E-state index contributed by atoms with van der Waals surface area (Å²) in [4.78, 5) is 33.2. The van der Waals surface area contributed by atoms with Gasteiger partial charge in [0.05, 0.1) is 25.5 Å². The van der Waals surface area contributed by atoms with E-state index in [4.69, 9.17) is 4.74 Å². The highest BCUT2D eigenvalue weighted by Gasteiger charge is 2.07. The zero-order chi connectivity index (χ0) is 20.5. The molecule has 156 valence electrons. The molecule has 0 radical (unpaired) electrons. The van der Waals surface area contributed by atoms with Gasteiger partial charge < -0.3 is 15.0 Å². The monoisotopic (exact) mass is 417 g/mol. The van der Waals surface area contributed by atoms with Crippen LogP contribution in [0.2, 0.25) is 0 Å². The van der Waals surface area contributed by atoms with Gasteiger partial charge in [-0.15, -0.1) is 11.3 Å². The Bertz CT molecular complexity index is 919. The molecular formula is C19H27N7O2S. The third kappa shape index (κ3) is 6.48. The van der Waals surface area contributed by atoms with Gasteiger partial charge in [0.1, 0.15) is 10.8 Å². The Hall–Kier alpha value is -2.56. The van der Waals surface area contributed by atoms with Crippen molar-refractivity contribution in [2.75, 3.05) is 31.6 Å². The largest absolute Gasteiger partial charge is 0.373 e. The number of ether oxygens (including phenoxy) is 1. The average molecular weight is 418 g/mol. The lowest BCUT2D eigenvalue weighted by Crippen LogP contribution is -2.22. The first-order chi connectivity index (χ1) is 14.2. The van der Waals surface area contributed by atoms with Crippen molar-refractivity contribution >= 4 is 17.3 Å². The van der Waals surface area contributed by atoms with E-state index in [2.05, 4.69) is 49.0 Å². The minimum atomic E-state index is -0.178. The van der Waals surface area contributed by atoms with Crippen LogP contribution in [0.15, 0.2) is 28.8 Å². The maximum absolute atomic E-state index is 12.1. The number of H-pyrrole nitrogens is 2. The molecule has 3 aromatic rings. The minimum Gasteiger partial charge on any atom is -0.373 e. The van der Waals surface area contributed by atoms with Crippen molar-refractivity contribution in [1.29, 1.82) is 0 Å². The molecule has 0 aliphatic rings. The molecule has 0 saturated carbocycles. The van der Waals surface area contributed by atoms with Gasteiger partial charge in [0.25, 0.3) is 5.56 Å². The number of hydrogen-bond donors (Lipinski definition) is 3. The molecule has 0 saturated heterocycles. The number of hydrogen-bond acceptors (Lipinski definition) is 8. The molecule has 0 unspecified atom stereocenters. The second-order valence-corrected chi connectivity index (χ2v) is 7.41. The molecule has 10 heteroatoms. The van der Waals surface area contributed by atoms with E-state index in [-0.39, 0.29) is 5.56 Å². The van der Waals surface area contributed by atoms with E-state index in [0.717, 1.165) is 36.2 Å². The number of imidazole rings is 1. The number of thiazole rings is 1. The summed E-state index contributed by atoms with van der Waals surface area (Å²) in [5.74, 6) is 1.16. The molecule has 0 amide bonds. The molecule has 0 spiro atoms. The second kappa shape index (κ2) is 10.8. The fourth-order valence-electron chi connectivity index (χ4n) is 2.76. The van der Waals surface area contributed by atoms with Gasteiger partial charge in [-0.2, -0.15) is 0 Å². The van der Waals surface area contributed by atoms with Gasteiger partial charge in [-0.25, -0.2) is 15.0 Å². The van der Waals surface area contributed by atoms with Gasteiger partial charge >= 0.3 is 0 Å². The standard InChI is InChI=1S/C19H27N7O2S/c1-3-26(4-2)11-17-24-15(13-29-17)12-28-8-7-22-19-23-10-14(18(27)25-19)9-16-20-5-6-21-16/h5-6,10,13H,3-4,7-9,11-12H2,1-2H3,(H,20,21)(H2,22,23,25,27). The Morgan fingerprint density at radius 1 is 1.28 bits per heavy atom. The maximum Gasteiger partial charge on any atom is 0.255 e. The molecule has 0 aromatic carbocycles. The van der Waals surface area contributed by atoms with Crippen molar-refractivity contribution in [2.45, 2.75) is 33.4 Å². The highest BCUT2D eigenvalue weighted by atomic mass is 32.1. The van der Waals surface area contributed by atoms with Crippen LogP contribution in [0.25, 0.3) is 0 Å². The van der Waals surface area contributed by atoms with Crippen LogP contribution in [-0.4, -0.2) is 56.1 Å². The lowest BCUT2D eigenvalue weighted by molar-refractivity contribution is 0.128. The molecule has 3 heterocycles. The van der Waals surface area contributed by atoms with E-state index in [1.165, 1.54) is 0 Å². The molecular weight excluding hydrogens is 390 g/mol. The highest BCUT2D eigenvalue weighted by molar-refractivity contribution is 7.09. The van der Waals surface area contributed by atoms with Gasteiger partial charge in [0, 0.05) is 42.5 Å². The number of nitrogens with zero attached hydrogens (tertiary/aromatic N) is 4. The van der Waals surface area contributed by atoms with E-state index >= 15 is 0 Å². The third-order valence-electron chi connectivity index (χ3n) is 4.43. The predicted molar refractivity (Wildman–Crippen MR) is 113 cm³/mol. The first kappa shape index (κ1) is 21.2. The summed E-state index contributed by atoms with van der Waals surface area (Å²) in [6.45, 7) is 8.74. The number of aromatic amines is 2. The van der Waals surface area contributed by atoms with Crippen LogP contribution in [0, 0.1) is 0 Å². The molecule has 9 nitrogen and oxygen atoms in total. The van der Waals surface area contributed by atoms with Crippen LogP contribution in [0.5, 0.6) is 0 Å². The normalized spacial score (nSPS) is 11.3. The van der Waals surface area contributed by atoms with Gasteiger partial charge in [-0.1, -0.05) is 13.8 Å².